The lowest BCUT2D eigenvalue weighted by atomic mass is 9.86. The minimum atomic E-state index is 0.807. The smallest absolute Gasteiger partial charge is 0.145 e. The second-order valence-electron chi connectivity index (χ2n) is 11.5. The first-order chi connectivity index (χ1) is 22.8. The molecule has 0 fully saturated rings. The third kappa shape index (κ3) is 4.25. The highest BCUT2D eigenvalue weighted by atomic mass is 16.5. The van der Waals surface area contributed by atoms with Crippen LogP contribution in [0.1, 0.15) is 0 Å². The Bertz CT molecular complexity index is 2400. The van der Waals surface area contributed by atoms with Gasteiger partial charge < -0.3 is 4.74 Å². The second-order valence-corrected chi connectivity index (χ2v) is 11.5. The molecule has 0 bridgehead atoms. The molecule has 0 radical (unpaired) electrons. The first-order valence-electron chi connectivity index (χ1n) is 15.6. The number of hydrogen-bond donors (Lipinski definition) is 0. The van der Waals surface area contributed by atoms with Crippen molar-refractivity contribution < 1.29 is 4.74 Å². The average molecular weight is 589 g/mol. The predicted octanol–water partition coefficient (Wildman–Crippen LogP) is 11.5. The van der Waals surface area contributed by atoms with Gasteiger partial charge in [0.15, 0.2) is 0 Å². The molecule has 0 spiro atoms. The molecule has 0 atom stereocenters. The summed E-state index contributed by atoms with van der Waals surface area (Å²) in [5, 5.41) is 0. The lowest BCUT2D eigenvalue weighted by Gasteiger charge is -2.18. The van der Waals surface area contributed by atoms with E-state index < -0.39 is 0 Å². The van der Waals surface area contributed by atoms with E-state index in [1.807, 2.05) is 24.3 Å². The highest BCUT2D eigenvalue weighted by molar-refractivity contribution is 5.99. The summed E-state index contributed by atoms with van der Waals surface area (Å²) in [7, 11) is 0. The maximum atomic E-state index is 6.85. The molecule has 0 unspecified atom stereocenters. The van der Waals surface area contributed by atoms with Crippen molar-refractivity contribution in [3.8, 4) is 73.1 Å². The maximum Gasteiger partial charge on any atom is 0.145 e. The molecule has 0 amide bonds. The van der Waals surface area contributed by atoms with Crippen LogP contribution in [-0.4, -0.2) is 9.55 Å². The number of para-hydroxylation sites is 5. The van der Waals surface area contributed by atoms with Crippen LogP contribution in [-0.2, 0) is 0 Å². The van der Waals surface area contributed by atoms with Gasteiger partial charge in [0.25, 0.3) is 0 Å². The normalized spacial score (nSPS) is 11.7. The fourth-order valence-electron chi connectivity index (χ4n) is 6.78. The molecule has 7 aromatic carbocycles. The molecule has 2 heterocycles. The van der Waals surface area contributed by atoms with Gasteiger partial charge >= 0.3 is 0 Å². The largest absolute Gasteiger partial charge is 0.456 e. The van der Waals surface area contributed by atoms with Crippen LogP contribution >= 0.6 is 0 Å². The van der Waals surface area contributed by atoms with Crippen molar-refractivity contribution in [3.63, 3.8) is 0 Å². The molecule has 46 heavy (non-hydrogen) atoms. The van der Waals surface area contributed by atoms with Crippen molar-refractivity contribution in [2.45, 2.75) is 0 Å². The standard InChI is InChI=1S/C43H28N2O/c1-2-14-30(15-3-1)45-40-23-11-10-22-39(40)44-43(45)29-26-27-35-33-18-5-4-16-31(33)32-17-6-7-19-34(32)36-20-8-12-24-41(36)46-42-25-13-9-21-37(42)38(35)28-29/h1-28H. The van der Waals surface area contributed by atoms with Crippen molar-refractivity contribution in [3.05, 3.63) is 170 Å². The fraction of sp³-hybridized carbons (Fsp3) is 0. The molecule has 1 aromatic heterocycles. The minimum Gasteiger partial charge on any atom is -0.456 e. The van der Waals surface area contributed by atoms with Crippen LogP contribution in [0.4, 0.5) is 0 Å². The molecule has 0 saturated heterocycles. The van der Waals surface area contributed by atoms with Gasteiger partial charge in [-0.1, -0.05) is 127 Å². The van der Waals surface area contributed by atoms with E-state index in [-0.39, 0.29) is 0 Å². The number of ether oxygens (including phenoxy) is 1. The second kappa shape index (κ2) is 10.8. The highest BCUT2D eigenvalue weighted by Gasteiger charge is 2.23. The van der Waals surface area contributed by atoms with Crippen LogP contribution in [0.25, 0.3) is 72.6 Å². The molecular weight excluding hydrogens is 560 g/mol. The highest BCUT2D eigenvalue weighted by Crippen LogP contribution is 2.48. The number of rotatable bonds is 2. The summed E-state index contributed by atoms with van der Waals surface area (Å²) >= 11 is 0. The van der Waals surface area contributed by atoms with Gasteiger partial charge in [0.2, 0.25) is 0 Å². The van der Waals surface area contributed by atoms with E-state index in [0.29, 0.717) is 0 Å². The molecule has 1 aliphatic heterocycles. The van der Waals surface area contributed by atoms with Gasteiger partial charge in [0.1, 0.15) is 17.3 Å². The van der Waals surface area contributed by atoms with Crippen LogP contribution in [0.15, 0.2) is 170 Å². The van der Waals surface area contributed by atoms with Crippen molar-refractivity contribution in [1.82, 2.24) is 9.55 Å². The molecule has 8 aromatic rings. The molecule has 3 nitrogen and oxygen atoms in total. The maximum absolute atomic E-state index is 6.85. The number of nitrogens with zero attached hydrogens (tertiary/aromatic N) is 2. The molecule has 0 N–H and O–H groups in total. The van der Waals surface area contributed by atoms with E-state index in [1.54, 1.807) is 0 Å². The van der Waals surface area contributed by atoms with Gasteiger partial charge in [-0.15, -0.1) is 0 Å². The summed E-state index contributed by atoms with van der Waals surface area (Å²) < 4.78 is 9.11. The monoisotopic (exact) mass is 588 g/mol. The Hall–Kier alpha value is -6.19. The summed E-state index contributed by atoms with van der Waals surface area (Å²) in [4.78, 5) is 5.19. The number of imidazole rings is 1. The molecule has 0 aliphatic carbocycles. The van der Waals surface area contributed by atoms with E-state index in [1.165, 1.54) is 16.7 Å². The third-order valence-corrected chi connectivity index (χ3v) is 8.86. The Balaban J connectivity index is 1.37. The SMILES string of the molecule is c1ccc(-n2c(-c3ccc4c(c3)-c3ccccc3Oc3ccccc3-c3ccccc3-c3ccccc3-4)nc3ccccc32)cc1. The Morgan fingerprint density at radius 1 is 0.391 bits per heavy atom. The Morgan fingerprint density at radius 3 is 1.52 bits per heavy atom. The van der Waals surface area contributed by atoms with Gasteiger partial charge in [-0.05, 0) is 75.8 Å². The summed E-state index contributed by atoms with van der Waals surface area (Å²) in [5.74, 6) is 2.53. The van der Waals surface area contributed by atoms with Crippen molar-refractivity contribution in [2.75, 3.05) is 0 Å². The van der Waals surface area contributed by atoms with Gasteiger partial charge in [-0.25, -0.2) is 4.98 Å². The summed E-state index contributed by atoms with van der Waals surface area (Å²) in [6.45, 7) is 0. The van der Waals surface area contributed by atoms with Gasteiger partial charge in [0, 0.05) is 22.4 Å². The first-order valence-corrected chi connectivity index (χ1v) is 15.6. The van der Waals surface area contributed by atoms with Crippen LogP contribution < -0.4 is 4.74 Å². The zero-order valence-corrected chi connectivity index (χ0v) is 25.0. The van der Waals surface area contributed by atoms with Gasteiger partial charge in [0.05, 0.1) is 11.0 Å². The molecule has 1 aliphatic rings. The van der Waals surface area contributed by atoms with Crippen molar-refractivity contribution in [1.29, 1.82) is 0 Å². The first kappa shape index (κ1) is 26.2. The zero-order valence-electron chi connectivity index (χ0n) is 25.0. The van der Waals surface area contributed by atoms with Crippen molar-refractivity contribution >= 4 is 11.0 Å². The molecule has 3 heteroatoms. The zero-order chi connectivity index (χ0) is 30.5. The summed E-state index contributed by atoms with van der Waals surface area (Å²) in [5.41, 5.74) is 13.1. The summed E-state index contributed by atoms with van der Waals surface area (Å²) in [6.07, 6.45) is 0. The van der Waals surface area contributed by atoms with Gasteiger partial charge in [-0.3, -0.25) is 4.57 Å². The van der Waals surface area contributed by atoms with Crippen LogP contribution in [0, 0.1) is 0 Å². The number of benzene rings is 7. The lowest BCUT2D eigenvalue weighted by Crippen LogP contribution is -1.98. The Labute approximate surface area is 267 Å². The van der Waals surface area contributed by atoms with Crippen molar-refractivity contribution in [2.24, 2.45) is 0 Å². The lowest BCUT2D eigenvalue weighted by molar-refractivity contribution is 0.486. The van der Waals surface area contributed by atoms with E-state index in [9.17, 15) is 0 Å². The van der Waals surface area contributed by atoms with E-state index >= 15 is 0 Å². The Morgan fingerprint density at radius 2 is 0.870 bits per heavy atom. The van der Waals surface area contributed by atoms with Crippen LogP contribution in [0.2, 0.25) is 0 Å². The number of aromatic nitrogens is 2. The van der Waals surface area contributed by atoms with Crippen LogP contribution in [0.3, 0.4) is 0 Å². The average Bonchev–Trinajstić information content (AvgIpc) is 3.51. The van der Waals surface area contributed by atoms with E-state index in [0.717, 1.165) is 67.4 Å². The molecule has 9 rings (SSSR count). The van der Waals surface area contributed by atoms with E-state index in [4.69, 9.17) is 9.72 Å². The summed E-state index contributed by atoms with van der Waals surface area (Å²) in [6, 6.07) is 59.6. The van der Waals surface area contributed by atoms with E-state index in [2.05, 4.69) is 150 Å². The van der Waals surface area contributed by atoms with Gasteiger partial charge in [-0.2, -0.15) is 0 Å². The minimum absolute atomic E-state index is 0.807. The molecule has 216 valence electrons. The molecule has 0 saturated carbocycles. The number of hydrogen-bond acceptors (Lipinski definition) is 2. The quantitative estimate of drug-likeness (QED) is 0.201. The fourth-order valence-corrected chi connectivity index (χ4v) is 6.78. The predicted molar refractivity (Wildman–Crippen MR) is 188 cm³/mol. The topological polar surface area (TPSA) is 27.1 Å². The number of fused-ring (bicyclic) bond motifs is 10. The molecular formula is C43H28N2O. The Kier molecular flexibility index (Phi) is 6.14. The van der Waals surface area contributed by atoms with Crippen LogP contribution in [0.5, 0.6) is 11.5 Å². The third-order valence-electron chi connectivity index (χ3n) is 8.86.